The molecule has 0 bridgehead atoms. The largest absolute Gasteiger partial charge is 0.368 e. The number of hydrogen-bond acceptors (Lipinski definition) is 2. The molecule has 0 aromatic carbocycles. The number of nitrogens with two attached hydrogens (primary N) is 1. The molecule has 0 aliphatic heterocycles. The number of carbonyl (C=O) groups excluding carboxylic acids is 1. The van der Waals surface area contributed by atoms with Gasteiger partial charge in [-0.05, 0) is 24.5 Å². The third-order valence-corrected chi connectivity index (χ3v) is 2.88. The van der Waals surface area contributed by atoms with Crippen LogP contribution in [0.2, 0.25) is 0 Å². The Kier molecular flexibility index (Phi) is 3.88. The lowest BCUT2D eigenvalue weighted by atomic mass is 9.98. The lowest BCUT2D eigenvalue weighted by Gasteiger charge is -2.22. The maximum atomic E-state index is 11.8. The number of hydrogen-bond donors (Lipinski definition) is 1. The maximum absolute atomic E-state index is 11.8. The van der Waals surface area contributed by atoms with Crippen LogP contribution >= 0.6 is 0 Å². The summed E-state index contributed by atoms with van der Waals surface area (Å²) in [6, 6.07) is 2.76. The molecule has 0 spiro atoms. The highest BCUT2D eigenvalue weighted by Crippen LogP contribution is 2.18. The van der Waals surface area contributed by atoms with Gasteiger partial charge in [-0.25, -0.2) is 0 Å². The minimum Gasteiger partial charge on any atom is -0.368 e. The van der Waals surface area contributed by atoms with E-state index < -0.39 is 11.9 Å². The van der Waals surface area contributed by atoms with Crippen molar-refractivity contribution in [1.82, 2.24) is 4.57 Å². The normalized spacial score (nSPS) is 14.4. The molecule has 0 aliphatic rings. The molecule has 2 N–H and O–H groups in total. The van der Waals surface area contributed by atoms with E-state index in [-0.39, 0.29) is 11.5 Å². The summed E-state index contributed by atoms with van der Waals surface area (Å²) in [5, 5.41) is 0. The maximum Gasteiger partial charge on any atom is 0.251 e. The van der Waals surface area contributed by atoms with Crippen LogP contribution in [0.3, 0.4) is 0 Å². The topological polar surface area (TPSA) is 65.1 Å². The third kappa shape index (κ3) is 2.51. The summed E-state index contributed by atoms with van der Waals surface area (Å²) in [4.78, 5) is 23.2. The van der Waals surface area contributed by atoms with E-state index in [0.717, 1.165) is 12.0 Å². The van der Waals surface area contributed by atoms with Gasteiger partial charge in [0.2, 0.25) is 5.91 Å². The van der Waals surface area contributed by atoms with E-state index in [1.165, 1.54) is 10.6 Å². The molecule has 1 aromatic heterocycles. The summed E-state index contributed by atoms with van der Waals surface area (Å²) >= 11 is 0. The number of carbonyl (C=O) groups is 1. The van der Waals surface area contributed by atoms with Gasteiger partial charge in [0.05, 0.1) is 0 Å². The van der Waals surface area contributed by atoms with Crippen molar-refractivity contribution < 1.29 is 4.79 Å². The Hall–Kier alpha value is -1.58. The van der Waals surface area contributed by atoms with Gasteiger partial charge in [-0.2, -0.15) is 0 Å². The summed E-state index contributed by atoms with van der Waals surface area (Å²) in [5.74, 6) is -0.404. The zero-order chi connectivity index (χ0) is 12.3. The van der Waals surface area contributed by atoms with Crippen molar-refractivity contribution in [3.63, 3.8) is 0 Å². The van der Waals surface area contributed by atoms with Crippen molar-refractivity contribution in [1.29, 1.82) is 0 Å². The van der Waals surface area contributed by atoms with E-state index in [9.17, 15) is 9.59 Å². The molecular formula is C12H18N2O2. The number of aromatic nitrogens is 1. The Bertz CT molecular complexity index is 437. The van der Waals surface area contributed by atoms with E-state index in [2.05, 4.69) is 0 Å². The molecule has 1 heterocycles. The van der Waals surface area contributed by atoms with Gasteiger partial charge >= 0.3 is 0 Å². The standard InChI is InChI=1S/C12H18N2O2/c1-4-9(3)11(12(13)16)14-6-5-8(2)7-10(14)15/h5-7,9,11H,4H2,1-3H3,(H2,13,16). The lowest BCUT2D eigenvalue weighted by molar-refractivity contribution is -0.122. The molecule has 4 heteroatoms. The molecule has 4 nitrogen and oxygen atoms in total. The highest BCUT2D eigenvalue weighted by Gasteiger charge is 2.23. The van der Waals surface area contributed by atoms with E-state index in [1.807, 2.05) is 20.8 Å². The van der Waals surface area contributed by atoms with Crippen LogP contribution in [0.15, 0.2) is 23.1 Å². The zero-order valence-electron chi connectivity index (χ0n) is 9.93. The highest BCUT2D eigenvalue weighted by molar-refractivity contribution is 5.78. The highest BCUT2D eigenvalue weighted by atomic mass is 16.2. The summed E-state index contributed by atoms with van der Waals surface area (Å²) in [6.07, 6.45) is 2.44. The molecule has 88 valence electrons. The Morgan fingerprint density at radius 3 is 2.62 bits per heavy atom. The smallest absolute Gasteiger partial charge is 0.251 e. The number of aryl methyl sites for hydroxylation is 1. The quantitative estimate of drug-likeness (QED) is 0.832. The monoisotopic (exact) mass is 222 g/mol. The van der Waals surface area contributed by atoms with E-state index in [0.29, 0.717) is 0 Å². The molecule has 1 amide bonds. The van der Waals surface area contributed by atoms with Gasteiger partial charge in [-0.1, -0.05) is 20.3 Å². The fraction of sp³-hybridized carbons (Fsp3) is 0.500. The minimum absolute atomic E-state index is 0.0536. The zero-order valence-corrected chi connectivity index (χ0v) is 9.93. The number of nitrogens with zero attached hydrogens (tertiary/aromatic N) is 1. The van der Waals surface area contributed by atoms with Crippen molar-refractivity contribution in [3.05, 3.63) is 34.2 Å². The van der Waals surface area contributed by atoms with Crippen LogP contribution in [0.4, 0.5) is 0 Å². The van der Waals surface area contributed by atoms with Crippen molar-refractivity contribution >= 4 is 5.91 Å². The third-order valence-electron chi connectivity index (χ3n) is 2.88. The lowest BCUT2D eigenvalue weighted by Crippen LogP contribution is -2.37. The predicted octanol–water partition coefficient (Wildman–Crippen LogP) is 1.23. The SMILES string of the molecule is CCC(C)C(C(N)=O)n1ccc(C)cc1=O. The van der Waals surface area contributed by atoms with Gasteiger partial charge in [-0.15, -0.1) is 0 Å². The van der Waals surface area contributed by atoms with Gasteiger partial charge in [0.15, 0.2) is 0 Å². The molecule has 2 atom stereocenters. The molecule has 0 saturated heterocycles. The fourth-order valence-electron chi connectivity index (χ4n) is 1.73. The second-order valence-electron chi connectivity index (χ2n) is 4.18. The average Bonchev–Trinajstić information content (AvgIpc) is 2.21. The molecule has 0 radical (unpaired) electrons. The molecule has 0 saturated carbocycles. The van der Waals surface area contributed by atoms with Gasteiger partial charge in [0.1, 0.15) is 6.04 Å². The number of rotatable bonds is 4. The summed E-state index contributed by atoms with van der Waals surface area (Å²) in [5.41, 5.74) is 6.06. The predicted molar refractivity (Wildman–Crippen MR) is 63.1 cm³/mol. The number of primary amides is 1. The van der Waals surface area contributed by atoms with Gasteiger partial charge in [-0.3, -0.25) is 9.59 Å². The summed E-state index contributed by atoms with van der Waals surface area (Å²) < 4.78 is 1.42. The van der Waals surface area contributed by atoms with E-state index >= 15 is 0 Å². The Balaban J connectivity index is 3.21. The first kappa shape index (κ1) is 12.5. The fourth-order valence-corrected chi connectivity index (χ4v) is 1.73. The second-order valence-corrected chi connectivity index (χ2v) is 4.18. The Morgan fingerprint density at radius 1 is 1.56 bits per heavy atom. The molecule has 2 unspecified atom stereocenters. The van der Waals surface area contributed by atoms with Gasteiger partial charge < -0.3 is 10.3 Å². The van der Waals surface area contributed by atoms with Crippen LogP contribution < -0.4 is 11.3 Å². The van der Waals surface area contributed by atoms with Gasteiger partial charge in [0.25, 0.3) is 5.56 Å². The molecule has 1 aromatic rings. The van der Waals surface area contributed by atoms with E-state index in [4.69, 9.17) is 5.73 Å². The Labute approximate surface area is 95.1 Å². The van der Waals surface area contributed by atoms with Crippen LogP contribution in [0.1, 0.15) is 31.9 Å². The molecule has 16 heavy (non-hydrogen) atoms. The molecule has 0 fully saturated rings. The van der Waals surface area contributed by atoms with Crippen LogP contribution in [-0.2, 0) is 4.79 Å². The second kappa shape index (κ2) is 4.96. The summed E-state index contributed by atoms with van der Waals surface area (Å²) in [6.45, 7) is 5.73. The number of amides is 1. The van der Waals surface area contributed by atoms with Crippen LogP contribution in [0.5, 0.6) is 0 Å². The Morgan fingerprint density at radius 2 is 2.19 bits per heavy atom. The van der Waals surface area contributed by atoms with E-state index in [1.54, 1.807) is 12.3 Å². The van der Waals surface area contributed by atoms with Crippen LogP contribution in [-0.4, -0.2) is 10.5 Å². The van der Waals surface area contributed by atoms with Crippen molar-refractivity contribution in [3.8, 4) is 0 Å². The van der Waals surface area contributed by atoms with Crippen molar-refractivity contribution in [2.24, 2.45) is 11.7 Å². The first-order chi connectivity index (χ1) is 7.47. The molecule has 1 rings (SSSR count). The molecule has 0 aliphatic carbocycles. The summed E-state index contributed by atoms with van der Waals surface area (Å²) in [7, 11) is 0. The molecular weight excluding hydrogens is 204 g/mol. The van der Waals surface area contributed by atoms with Crippen LogP contribution in [0, 0.1) is 12.8 Å². The van der Waals surface area contributed by atoms with Gasteiger partial charge in [0, 0.05) is 12.3 Å². The van der Waals surface area contributed by atoms with Crippen LogP contribution in [0.25, 0.3) is 0 Å². The average molecular weight is 222 g/mol. The number of pyridine rings is 1. The first-order valence-corrected chi connectivity index (χ1v) is 5.45. The minimum atomic E-state index is -0.557. The van der Waals surface area contributed by atoms with Crippen molar-refractivity contribution in [2.75, 3.05) is 0 Å². The van der Waals surface area contributed by atoms with Crippen molar-refractivity contribution in [2.45, 2.75) is 33.2 Å². The first-order valence-electron chi connectivity index (χ1n) is 5.45.